The van der Waals surface area contributed by atoms with E-state index in [-0.39, 0.29) is 5.91 Å². The highest BCUT2D eigenvalue weighted by Gasteiger charge is 2.12. The second-order valence-electron chi connectivity index (χ2n) is 3.88. The molecule has 1 aromatic heterocycles. The molecule has 0 spiro atoms. The lowest BCUT2D eigenvalue weighted by molar-refractivity contribution is 0.102. The number of hydrogen-bond acceptors (Lipinski definition) is 5. The number of nitrogen functional groups attached to an aromatic ring is 1. The fraction of sp³-hybridized carbons (Fsp3) is 0.0769. The predicted molar refractivity (Wildman–Crippen MR) is 80.7 cm³/mol. The fourth-order valence-electron chi connectivity index (χ4n) is 1.65. The Labute approximate surface area is 124 Å². The molecule has 0 unspecified atom stereocenters. The lowest BCUT2D eigenvalue weighted by Crippen LogP contribution is -2.18. The van der Waals surface area contributed by atoms with Crippen molar-refractivity contribution < 1.29 is 9.53 Å². The van der Waals surface area contributed by atoms with E-state index in [9.17, 15) is 4.79 Å². The number of rotatable bonds is 4. The number of nitrogens with one attached hydrogen (secondary N) is 2. The summed E-state index contributed by atoms with van der Waals surface area (Å²) in [4.78, 5) is 16.2. The number of methoxy groups -OCH3 is 1. The number of carbonyl (C=O) groups is 1. The van der Waals surface area contributed by atoms with Gasteiger partial charge in [-0.15, -0.1) is 0 Å². The van der Waals surface area contributed by atoms with Gasteiger partial charge >= 0.3 is 0 Å². The molecule has 1 heterocycles. The number of halogens is 1. The van der Waals surface area contributed by atoms with Crippen molar-refractivity contribution in [1.29, 1.82) is 0 Å². The van der Waals surface area contributed by atoms with E-state index < -0.39 is 0 Å². The molecule has 4 N–H and O–H groups in total. The first kappa shape index (κ1) is 14.3. The van der Waals surface area contributed by atoms with Crippen molar-refractivity contribution in [1.82, 2.24) is 4.98 Å². The number of aromatic nitrogens is 1. The zero-order chi connectivity index (χ0) is 14.5. The number of benzene rings is 1. The van der Waals surface area contributed by atoms with Crippen LogP contribution in [0.25, 0.3) is 0 Å². The zero-order valence-electron chi connectivity index (χ0n) is 10.7. The fourth-order valence-corrected chi connectivity index (χ4v) is 2.13. The molecule has 2 rings (SSSR count). The highest BCUT2D eigenvalue weighted by molar-refractivity contribution is 9.10. The summed E-state index contributed by atoms with van der Waals surface area (Å²) in [5, 5.41) is 2.76. The number of ether oxygens (including phenoxy) is 1. The summed E-state index contributed by atoms with van der Waals surface area (Å²) in [7, 11) is 1.56. The van der Waals surface area contributed by atoms with Crippen LogP contribution < -0.4 is 21.3 Å². The minimum absolute atomic E-state index is 0.312. The summed E-state index contributed by atoms with van der Waals surface area (Å²) >= 11 is 3.35. The molecule has 0 radical (unpaired) electrons. The molecule has 1 aromatic carbocycles. The normalized spacial score (nSPS) is 9.95. The Hall–Kier alpha value is -2.12. The lowest BCUT2D eigenvalue weighted by Gasteiger charge is -2.10. The van der Waals surface area contributed by atoms with Gasteiger partial charge in [0.2, 0.25) is 0 Å². The quantitative estimate of drug-likeness (QED) is 0.589. The zero-order valence-corrected chi connectivity index (χ0v) is 12.3. The van der Waals surface area contributed by atoms with Gasteiger partial charge in [0, 0.05) is 22.4 Å². The molecule has 0 saturated heterocycles. The van der Waals surface area contributed by atoms with Crippen LogP contribution in [0.15, 0.2) is 41.0 Å². The highest BCUT2D eigenvalue weighted by Crippen LogP contribution is 2.25. The van der Waals surface area contributed by atoms with Crippen molar-refractivity contribution in [2.75, 3.05) is 17.9 Å². The molecule has 1 amide bonds. The molecule has 20 heavy (non-hydrogen) atoms. The molecule has 0 aliphatic rings. The average molecular weight is 337 g/mol. The Kier molecular flexibility index (Phi) is 4.54. The third kappa shape index (κ3) is 3.25. The van der Waals surface area contributed by atoms with Gasteiger partial charge in [-0.2, -0.15) is 0 Å². The minimum Gasteiger partial charge on any atom is -0.497 e. The van der Waals surface area contributed by atoms with Crippen LogP contribution in [0.1, 0.15) is 10.4 Å². The van der Waals surface area contributed by atoms with Crippen molar-refractivity contribution in [2.45, 2.75) is 0 Å². The Morgan fingerprint density at radius 1 is 1.40 bits per heavy atom. The van der Waals surface area contributed by atoms with Gasteiger partial charge in [-0.25, -0.2) is 10.8 Å². The maximum Gasteiger partial charge on any atom is 0.259 e. The van der Waals surface area contributed by atoms with E-state index in [2.05, 4.69) is 31.7 Å². The first-order valence-electron chi connectivity index (χ1n) is 5.71. The SMILES string of the molecule is COc1cc(Br)cc(NC(=O)c2cccnc2NN)c1. The van der Waals surface area contributed by atoms with Gasteiger partial charge in [0.05, 0.1) is 12.7 Å². The molecular formula is C13H13BrN4O2. The van der Waals surface area contributed by atoms with Gasteiger partial charge in [-0.3, -0.25) is 4.79 Å². The van der Waals surface area contributed by atoms with Crippen molar-refractivity contribution in [3.8, 4) is 5.75 Å². The Balaban J connectivity index is 2.25. The monoisotopic (exact) mass is 336 g/mol. The highest BCUT2D eigenvalue weighted by atomic mass is 79.9. The molecule has 6 nitrogen and oxygen atoms in total. The van der Waals surface area contributed by atoms with E-state index in [0.29, 0.717) is 22.8 Å². The van der Waals surface area contributed by atoms with Crippen LogP contribution in [0.5, 0.6) is 5.75 Å². The summed E-state index contributed by atoms with van der Waals surface area (Å²) in [6.45, 7) is 0. The molecular weight excluding hydrogens is 324 g/mol. The summed E-state index contributed by atoms with van der Waals surface area (Å²) < 4.78 is 5.94. The van der Waals surface area contributed by atoms with Crippen molar-refractivity contribution in [2.24, 2.45) is 5.84 Å². The van der Waals surface area contributed by atoms with Crippen LogP contribution in [-0.2, 0) is 0 Å². The second-order valence-corrected chi connectivity index (χ2v) is 4.79. The third-order valence-corrected chi connectivity index (χ3v) is 3.01. The van der Waals surface area contributed by atoms with Gasteiger partial charge < -0.3 is 15.5 Å². The van der Waals surface area contributed by atoms with Crippen LogP contribution >= 0.6 is 15.9 Å². The van der Waals surface area contributed by atoms with E-state index in [4.69, 9.17) is 10.6 Å². The van der Waals surface area contributed by atoms with E-state index >= 15 is 0 Å². The van der Waals surface area contributed by atoms with Crippen molar-refractivity contribution >= 4 is 33.3 Å². The van der Waals surface area contributed by atoms with Gasteiger partial charge in [0.25, 0.3) is 5.91 Å². The van der Waals surface area contributed by atoms with E-state index in [1.54, 1.807) is 43.6 Å². The number of hydrazine groups is 1. The van der Waals surface area contributed by atoms with Gasteiger partial charge in [-0.05, 0) is 24.3 Å². The summed E-state index contributed by atoms with van der Waals surface area (Å²) in [6.07, 6.45) is 1.55. The van der Waals surface area contributed by atoms with Crippen molar-refractivity contribution in [3.05, 3.63) is 46.6 Å². The van der Waals surface area contributed by atoms with Crippen LogP contribution in [0.3, 0.4) is 0 Å². The first-order valence-corrected chi connectivity index (χ1v) is 6.51. The van der Waals surface area contributed by atoms with Crippen molar-refractivity contribution in [3.63, 3.8) is 0 Å². The molecule has 2 aromatic rings. The first-order chi connectivity index (χ1) is 9.63. The Bertz CT molecular complexity index is 634. The average Bonchev–Trinajstić information content (AvgIpc) is 2.46. The summed E-state index contributed by atoms with van der Waals surface area (Å²) in [6, 6.07) is 8.58. The number of pyridine rings is 1. The number of hydrogen-bond donors (Lipinski definition) is 3. The number of carbonyl (C=O) groups excluding carboxylic acids is 1. The standard InChI is InChI=1S/C13H13BrN4O2/c1-20-10-6-8(14)5-9(7-10)17-13(19)11-3-2-4-16-12(11)18-15/h2-7H,15H2,1H3,(H,16,18)(H,17,19). The Morgan fingerprint density at radius 2 is 2.20 bits per heavy atom. The third-order valence-electron chi connectivity index (χ3n) is 2.55. The molecule has 0 aliphatic heterocycles. The number of nitrogens with zero attached hydrogens (tertiary/aromatic N) is 1. The summed E-state index contributed by atoms with van der Waals surface area (Å²) in [5.41, 5.74) is 3.35. The molecule has 0 fully saturated rings. The van der Waals surface area contributed by atoms with Crippen LogP contribution in [-0.4, -0.2) is 18.0 Å². The predicted octanol–water partition coefficient (Wildman–Crippen LogP) is 2.39. The smallest absolute Gasteiger partial charge is 0.259 e. The molecule has 0 bridgehead atoms. The molecule has 0 saturated carbocycles. The maximum absolute atomic E-state index is 12.2. The second kappa shape index (κ2) is 6.36. The molecule has 104 valence electrons. The summed E-state index contributed by atoms with van der Waals surface area (Å²) in [5.74, 6) is 5.97. The lowest BCUT2D eigenvalue weighted by atomic mass is 10.2. The van der Waals surface area contributed by atoms with Crippen LogP contribution in [0.2, 0.25) is 0 Å². The van der Waals surface area contributed by atoms with E-state index in [1.807, 2.05) is 0 Å². The van der Waals surface area contributed by atoms with Gasteiger partial charge in [-0.1, -0.05) is 15.9 Å². The minimum atomic E-state index is -0.314. The van der Waals surface area contributed by atoms with Gasteiger partial charge in [0.15, 0.2) is 5.82 Å². The van der Waals surface area contributed by atoms with E-state index in [0.717, 1.165) is 4.47 Å². The van der Waals surface area contributed by atoms with Crippen LogP contribution in [0.4, 0.5) is 11.5 Å². The Morgan fingerprint density at radius 3 is 2.90 bits per heavy atom. The molecule has 0 atom stereocenters. The van der Waals surface area contributed by atoms with Crippen LogP contribution in [0, 0.1) is 0 Å². The largest absolute Gasteiger partial charge is 0.497 e. The topological polar surface area (TPSA) is 89.3 Å². The van der Waals surface area contributed by atoms with Gasteiger partial charge in [0.1, 0.15) is 5.75 Å². The number of anilines is 2. The van der Waals surface area contributed by atoms with E-state index in [1.165, 1.54) is 0 Å². The number of nitrogens with two attached hydrogens (primary N) is 1. The molecule has 7 heteroatoms. The molecule has 0 aliphatic carbocycles. The maximum atomic E-state index is 12.2. The number of amides is 1.